The van der Waals surface area contributed by atoms with Crippen molar-refractivity contribution >= 4 is 31.9 Å². The molecule has 2 aromatic rings. The number of nitrogen functional groups attached to an aromatic ring is 1. The van der Waals surface area contributed by atoms with E-state index in [0.717, 1.165) is 10.0 Å². The van der Waals surface area contributed by atoms with Crippen molar-refractivity contribution in [2.75, 3.05) is 12.3 Å². The zero-order valence-electron chi connectivity index (χ0n) is 11.0. The molecule has 1 aliphatic heterocycles. The molecule has 0 amide bonds. The molecule has 8 heteroatoms. The van der Waals surface area contributed by atoms with Gasteiger partial charge >= 0.3 is 0 Å². The molecule has 0 spiro atoms. The Balaban J connectivity index is 1.93. The molecule has 0 aliphatic carbocycles. The molecular weight excluding hydrogens is 356 g/mol. The molecule has 0 fully saturated rings. The summed E-state index contributed by atoms with van der Waals surface area (Å²) in [6.45, 7) is 0.638. The Kier molecular flexibility index (Phi) is 3.68. The largest absolute Gasteiger partial charge is 0.368 e. The third-order valence-electron chi connectivity index (χ3n) is 3.38. The molecule has 110 valence electrons. The first-order valence-corrected chi connectivity index (χ1v) is 8.56. The van der Waals surface area contributed by atoms with Crippen molar-refractivity contribution in [2.45, 2.75) is 17.9 Å². The monoisotopic (exact) mass is 368 g/mol. The van der Waals surface area contributed by atoms with Gasteiger partial charge in [-0.3, -0.25) is 0 Å². The number of hydrogen-bond acceptors (Lipinski definition) is 5. The van der Waals surface area contributed by atoms with Crippen LogP contribution in [-0.2, 0) is 23.0 Å². The van der Waals surface area contributed by atoms with Gasteiger partial charge in [-0.25, -0.2) is 18.4 Å². The Morgan fingerprint density at radius 3 is 2.67 bits per heavy atom. The van der Waals surface area contributed by atoms with Crippen LogP contribution < -0.4 is 5.73 Å². The number of anilines is 1. The molecular formula is C13H13BrN4O2S. The summed E-state index contributed by atoms with van der Waals surface area (Å²) < 4.78 is 27.5. The highest BCUT2D eigenvalue weighted by atomic mass is 79.9. The number of nitrogens with two attached hydrogens (primary N) is 1. The zero-order chi connectivity index (χ0) is 15.0. The Hall–Kier alpha value is -1.51. The van der Waals surface area contributed by atoms with Gasteiger partial charge < -0.3 is 5.73 Å². The summed E-state index contributed by atoms with van der Waals surface area (Å²) in [5, 5.41) is 0. The molecule has 3 rings (SSSR count). The number of hydrogen-bond donors (Lipinski definition) is 1. The second-order valence-electron chi connectivity index (χ2n) is 4.74. The van der Waals surface area contributed by atoms with Crippen LogP contribution in [0.15, 0.2) is 39.8 Å². The smallest absolute Gasteiger partial charge is 0.243 e. The van der Waals surface area contributed by atoms with Crippen molar-refractivity contribution < 1.29 is 8.42 Å². The number of halogens is 1. The summed E-state index contributed by atoms with van der Waals surface area (Å²) in [5.41, 5.74) is 7.19. The van der Waals surface area contributed by atoms with Crippen molar-refractivity contribution in [1.29, 1.82) is 0 Å². The van der Waals surface area contributed by atoms with E-state index in [9.17, 15) is 8.42 Å². The number of aromatic nitrogens is 2. The Morgan fingerprint density at radius 1 is 1.24 bits per heavy atom. The van der Waals surface area contributed by atoms with E-state index < -0.39 is 10.0 Å². The van der Waals surface area contributed by atoms with Gasteiger partial charge in [0.15, 0.2) is 0 Å². The predicted octanol–water partition coefficient (Wildman–Crippen LogP) is 1.57. The third-order valence-corrected chi connectivity index (χ3v) is 5.77. The van der Waals surface area contributed by atoms with Crippen LogP contribution in [0.2, 0.25) is 0 Å². The first-order valence-electron chi connectivity index (χ1n) is 6.33. The van der Waals surface area contributed by atoms with Crippen molar-refractivity contribution in [2.24, 2.45) is 0 Å². The average molecular weight is 369 g/mol. The minimum absolute atomic E-state index is 0.164. The summed E-state index contributed by atoms with van der Waals surface area (Å²) >= 11 is 3.30. The molecule has 0 saturated heterocycles. The molecule has 1 aliphatic rings. The maximum Gasteiger partial charge on any atom is 0.243 e. The van der Waals surface area contributed by atoms with Crippen LogP contribution >= 0.6 is 15.9 Å². The molecule has 1 aromatic carbocycles. The van der Waals surface area contributed by atoms with E-state index in [1.54, 1.807) is 30.5 Å². The number of rotatable bonds is 2. The predicted molar refractivity (Wildman–Crippen MR) is 81.9 cm³/mol. The van der Waals surface area contributed by atoms with Gasteiger partial charge in [0.1, 0.15) is 0 Å². The maximum atomic E-state index is 12.6. The molecule has 21 heavy (non-hydrogen) atoms. The molecule has 0 unspecified atom stereocenters. The minimum atomic E-state index is -3.52. The number of nitrogens with zero attached hydrogens (tertiary/aromatic N) is 3. The van der Waals surface area contributed by atoms with Crippen LogP contribution in [0.4, 0.5) is 5.95 Å². The van der Waals surface area contributed by atoms with Crippen molar-refractivity contribution in [1.82, 2.24) is 14.3 Å². The van der Waals surface area contributed by atoms with E-state index in [0.29, 0.717) is 18.7 Å². The fraction of sp³-hybridized carbons (Fsp3) is 0.231. The topological polar surface area (TPSA) is 89.2 Å². The van der Waals surface area contributed by atoms with Crippen molar-refractivity contribution in [3.05, 3.63) is 46.2 Å². The maximum absolute atomic E-state index is 12.6. The van der Waals surface area contributed by atoms with Gasteiger partial charge in [-0.05, 0) is 36.2 Å². The molecule has 2 N–H and O–H groups in total. The first kappa shape index (κ1) is 14.4. The summed E-state index contributed by atoms with van der Waals surface area (Å²) in [6.07, 6.45) is 2.26. The SMILES string of the molecule is Nc1ncc2c(n1)CN(S(=O)(=O)c1ccc(Br)cc1)CC2. The van der Waals surface area contributed by atoms with E-state index in [1.165, 1.54) is 4.31 Å². The number of sulfonamides is 1. The van der Waals surface area contributed by atoms with E-state index in [4.69, 9.17) is 5.73 Å². The highest BCUT2D eigenvalue weighted by Gasteiger charge is 2.29. The second kappa shape index (κ2) is 5.36. The van der Waals surface area contributed by atoms with Crippen molar-refractivity contribution in [3.8, 4) is 0 Å². The fourth-order valence-corrected chi connectivity index (χ4v) is 3.92. The van der Waals surface area contributed by atoms with E-state index in [1.807, 2.05) is 0 Å². The van der Waals surface area contributed by atoms with E-state index >= 15 is 0 Å². The first-order chi connectivity index (χ1) is 9.96. The molecule has 0 bridgehead atoms. The normalized spacial score (nSPS) is 15.7. The Morgan fingerprint density at radius 2 is 1.95 bits per heavy atom. The molecule has 0 radical (unpaired) electrons. The van der Waals surface area contributed by atoms with Gasteiger partial charge in [-0.1, -0.05) is 15.9 Å². The summed E-state index contributed by atoms with van der Waals surface area (Å²) in [4.78, 5) is 8.35. The van der Waals surface area contributed by atoms with Gasteiger partial charge in [-0.15, -0.1) is 0 Å². The Labute approximate surface area is 131 Å². The summed E-state index contributed by atoms with van der Waals surface area (Å²) in [5.74, 6) is 0.164. The summed E-state index contributed by atoms with van der Waals surface area (Å²) in [6, 6.07) is 6.60. The third kappa shape index (κ3) is 2.78. The van der Waals surface area contributed by atoms with Crippen LogP contribution in [0.5, 0.6) is 0 Å². The zero-order valence-corrected chi connectivity index (χ0v) is 13.4. The van der Waals surface area contributed by atoms with Crippen molar-refractivity contribution in [3.63, 3.8) is 0 Å². The lowest BCUT2D eigenvalue weighted by molar-refractivity contribution is 0.385. The lowest BCUT2D eigenvalue weighted by atomic mass is 10.1. The van der Waals surface area contributed by atoms with Gasteiger partial charge in [0.05, 0.1) is 17.1 Å². The molecule has 0 saturated carbocycles. The lowest BCUT2D eigenvalue weighted by Crippen LogP contribution is -2.36. The molecule has 0 atom stereocenters. The average Bonchev–Trinajstić information content (AvgIpc) is 2.47. The minimum Gasteiger partial charge on any atom is -0.368 e. The van der Waals surface area contributed by atoms with Gasteiger partial charge in [0.2, 0.25) is 16.0 Å². The van der Waals surface area contributed by atoms with Crippen LogP contribution in [0.3, 0.4) is 0 Å². The quantitative estimate of drug-likeness (QED) is 0.868. The van der Waals surface area contributed by atoms with Crippen LogP contribution in [0.1, 0.15) is 11.3 Å². The second-order valence-corrected chi connectivity index (χ2v) is 7.60. The Bertz CT molecular complexity index is 777. The van der Waals surface area contributed by atoms with Gasteiger partial charge in [0, 0.05) is 17.2 Å². The van der Waals surface area contributed by atoms with E-state index in [-0.39, 0.29) is 17.4 Å². The molecule has 1 aromatic heterocycles. The highest BCUT2D eigenvalue weighted by Crippen LogP contribution is 2.24. The highest BCUT2D eigenvalue weighted by molar-refractivity contribution is 9.10. The van der Waals surface area contributed by atoms with Gasteiger partial charge in [-0.2, -0.15) is 4.31 Å². The lowest BCUT2D eigenvalue weighted by Gasteiger charge is -2.27. The fourth-order valence-electron chi connectivity index (χ4n) is 2.26. The molecule has 6 nitrogen and oxygen atoms in total. The number of benzene rings is 1. The molecule has 2 heterocycles. The summed E-state index contributed by atoms with van der Waals surface area (Å²) in [7, 11) is -3.52. The van der Waals surface area contributed by atoms with Crippen LogP contribution in [0.25, 0.3) is 0 Å². The van der Waals surface area contributed by atoms with Crippen LogP contribution in [0, 0.1) is 0 Å². The standard InChI is InChI=1S/C13H13BrN4O2S/c14-10-1-3-11(4-2-10)21(19,20)18-6-5-9-7-16-13(15)17-12(9)8-18/h1-4,7H,5-6,8H2,(H2,15,16,17). The number of fused-ring (bicyclic) bond motifs is 1. The van der Waals surface area contributed by atoms with Crippen LogP contribution in [-0.4, -0.2) is 29.2 Å². The van der Waals surface area contributed by atoms with Gasteiger partial charge in [0.25, 0.3) is 0 Å². The van der Waals surface area contributed by atoms with E-state index in [2.05, 4.69) is 25.9 Å².